The van der Waals surface area contributed by atoms with Gasteiger partial charge in [-0.15, -0.1) is 0 Å². The zero-order valence-corrected chi connectivity index (χ0v) is 23.4. The van der Waals surface area contributed by atoms with E-state index in [0.29, 0.717) is 23.4 Å². The van der Waals surface area contributed by atoms with Gasteiger partial charge in [0, 0.05) is 16.8 Å². The zero-order chi connectivity index (χ0) is 28.9. The molecule has 2 atom stereocenters. The molecule has 3 aromatic rings. The highest BCUT2D eigenvalue weighted by atomic mass is 35.5. The number of hydrogen-bond acceptors (Lipinski definition) is 6. The summed E-state index contributed by atoms with van der Waals surface area (Å²) in [6.45, 7) is 6.54. The monoisotopic (exact) mass is 560 g/mol. The van der Waals surface area contributed by atoms with Gasteiger partial charge in [0.25, 0.3) is 5.91 Å². The Morgan fingerprint density at radius 3 is 2.38 bits per heavy atom. The molecule has 0 bridgehead atoms. The van der Waals surface area contributed by atoms with Crippen LogP contribution in [0.15, 0.2) is 60.8 Å². The number of epoxide rings is 1. The fourth-order valence-corrected chi connectivity index (χ4v) is 4.37. The highest BCUT2D eigenvalue weighted by Gasteiger charge is 2.48. The standard InChI is InChI=1S/C23H19FN4O3.C6H5Cl.C2H6/c1-22(12-31-22)15-6-17-19(18(24)7-15)21(30-13-23(11-26)4-5-23)28(20(17)29)10-16-3-2-14(8-25)9-27-16;7-6-4-2-1-3-5-6;1-2/h2-3,6-7,9,21H,4-5,10,12-13H2,1H3;1-5H;1-2H3. The van der Waals surface area contributed by atoms with Crippen molar-refractivity contribution in [1.82, 2.24) is 9.88 Å². The van der Waals surface area contributed by atoms with E-state index >= 15 is 4.39 Å². The van der Waals surface area contributed by atoms with Crippen LogP contribution in [0.4, 0.5) is 4.39 Å². The fraction of sp³-hybridized carbons (Fsp3) is 0.355. The van der Waals surface area contributed by atoms with Crippen LogP contribution in [0.1, 0.15) is 72.6 Å². The van der Waals surface area contributed by atoms with E-state index in [0.717, 1.165) is 17.9 Å². The van der Waals surface area contributed by atoms with Crippen LogP contribution in [0.25, 0.3) is 0 Å². The first-order chi connectivity index (χ1) is 19.3. The molecule has 1 aliphatic carbocycles. The summed E-state index contributed by atoms with van der Waals surface area (Å²) >= 11 is 5.54. The van der Waals surface area contributed by atoms with Gasteiger partial charge in [-0.05, 0) is 61.7 Å². The summed E-state index contributed by atoms with van der Waals surface area (Å²) in [6, 6.07) is 20.1. The summed E-state index contributed by atoms with van der Waals surface area (Å²) in [5.74, 6) is -0.891. The van der Waals surface area contributed by atoms with Crippen molar-refractivity contribution in [2.45, 2.75) is 52.0 Å². The number of rotatable bonds is 6. The van der Waals surface area contributed by atoms with E-state index in [9.17, 15) is 10.1 Å². The van der Waals surface area contributed by atoms with Crippen LogP contribution in [-0.2, 0) is 21.6 Å². The Hall–Kier alpha value is -3.82. The minimum Gasteiger partial charge on any atom is -0.365 e. The molecule has 2 unspecified atom stereocenters. The van der Waals surface area contributed by atoms with Crippen molar-refractivity contribution in [3.05, 3.63) is 99.6 Å². The first kappa shape index (κ1) is 29.2. The molecule has 1 saturated heterocycles. The molecule has 6 rings (SSSR count). The summed E-state index contributed by atoms with van der Waals surface area (Å²) in [6.07, 6.45) is 1.93. The number of ether oxygens (including phenoxy) is 2. The Bertz CT molecular complexity index is 1440. The van der Waals surface area contributed by atoms with Gasteiger partial charge in [-0.3, -0.25) is 9.78 Å². The second kappa shape index (κ2) is 12.1. The average Bonchev–Trinajstić information content (AvgIpc) is 3.91. The largest absolute Gasteiger partial charge is 0.365 e. The molecule has 1 saturated carbocycles. The molecule has 1 amide bonds. The van der Waals surface area contributed by atoms with E-state index in [-0.39, 0.29) is 30.2 Å². The van der Waals surface area contributed by atoms with E-state index in [1.807, 2.05) is 57.2 Å². The summed E-state index contributed by atoms with van der Waals surface area (Å²) in [5, 5.41) is 19.1. The van der Waals surface area contributed by atoms with Gasteiger partial charge in [-0.2, -0.15) is 10.5 Å². The Balaban J connectivity index is 0.000000355. The molecule has 40 heavy (non-hydrogen) atoms. The number of benzene rings is 2. The van der Waals surface area contributed by atoms with Gasteiger partial charge in [-0.25, -0.2) is 4.39 Å². The molecule has 3 aliphatic rings. The SMILES string of the molecule is CC.CC1(c2cc(F)c3c(c2)C(=O)N(Cc2ccc(C#N)cn2)C3OCC2(C#N)CC2)CO1.Clc1ccccc1. The van der Waals surface area contributed by atoms with Gasteiger partial charge in [0.05, 0.1) is 48.1 Å². The lowest BCUT2D eigenvalue weighted by Gasteiger charge is -2.26. The van der Waals surface area contributed by atoms with E-state index in [1.165, 1.54) is 17.2 Å². The molecule has 206 valence electrons. The maximum atomic E-state index is 15.2. The van der Waals surface area contributed by atoms with E-state index in [4.69, 9.17) is 26.3 Å². The Kier molecular flexibility index (Phi) is 8.85. The van der Waals surface area contributed by atoms with Crippen LogP contribution in [0.2, 0.25) is 5.02 Å². The molecule has 2 aliphatic heterocycles. The molecular weight excluding hydrogens is 531 g/mol. The molecule has 9 heteroatoms. The Morgan fingerprint density at radius 1 is 1.18 bits per heavy atom. The maximum absolute atomic E-state index is 15.2. The number of amides is 1. The Labute approximate surface area is 238 Å². The minimum atomic E-state index is -0.951. The van der Waals surface area contributed by atoms with Crippen LogP contribution < -0.4 is 0 Å². The lowest BCUT2D eigenvalue weighted by Crippen LogP contribution is -2.31. The number of fused-ring (bicyclic) bond motifs is 1. The summed E-state index contributed by atoms with van der Waals surface area (Å²) in [4.78, 5) is 18.9. The van der Waals surface area contributed by atoms with Crippen molar-refractivity contribution >= 4 is 17.5 Å². The van der Waals surface area contributed by atoms with Crippen molar-refractivity contribution in [1.29, 1.82) is 10.5 Å². The highest BCUT2D eigenvalue weighted by molar-refractivity contribution is 6.30. The fourth-order valence-electron chi connectivity index (χ4n) is 4.22. The van der Waals surface area contributed by atoms with Gasteiger partial charge in [0.15, 0.2) is 6.23 Å². The third-order valence-electron chi connectivity index (χ3n) is 6.97. The van der Waals surface area contributed by atoms with E-state index in [2.05, 4.69) is 11.1 Å². The topological polar surface area (TPSA) is 103 Å². The van der Waals surface area contributed by atoms with Gasteiger partial charge in [-0.1, -0.05) is 43.6 Å². The van der Waals surface area contributed by atoms with E-state index in [1.54, 1.807) is 18.2 Å². The number of carbonyl (C=O) groups is 1. The van der Waals surface area contributed by atoms with Crippen molar-refractivity contribution in [3.63, 3.8) is 0 Å². The van der Waals surface area contributed by atoms with Crippen molar-refractivity contribution < 1.29 is 18.7 Å². The molecule has 0 N–H and O–H groups in total. The molecule has 2 aromatic carbocycles. The number of hydrogen-bond donors (Lipinski definition) is 0. The Morgan fingerprint density at radius 2 is 1.88 bits per heavy atom. The predicted molar refractivity (Wildman–Crippen MR) is 147 cm³/mol. The molecule has 3 heterocycles. The van der Waals surface area contributed by atoms with Crippen molar-refractivity contribution in [3.8, 4) is 12.1 Å². The normalized spacial score (nSPS) is 21.0. The number of pyridine rings is 1. The molecular formula is C31H30ClFN4O3. The second-order valence-electron chi connectivity index (χ2n) is 9.87. The number of nitriles is 2. The van der Waals surface area contributed by atoms with Gasteiger partial charge < -0.3 is 14.4 Å². The highest BCUT2D eigenvalue weighted by Crippen LogP contribution is 2.48. The van der Waals surface area contributed by atoms with Gasteiger partial charge in [0.2, 0.25) is 0 Å². The average molecular weight is 561 g/mol. The first-order valence-electron chi connectivity index (χ1n) is 13.1. The molecule has 0 radical (unpaired) electrons. The van der Waals surface area contributed by atoms with Crippen LogP contribution in [0.5, 0.6) is 0 Å². The quantitative estimate of drug-likeness (QED) is 0.312. The van der Waals surface area contributed by atoms with Crippen molar-refractivity contribution in [2.75, 3.05) is 13.2 Å². The predicted octanol–water partition coefficient (Wildman–Crippen LogP) is 6.68. The van der Waals surface area contributed by atoms with Crippen LogP contribution >= 0.6 is 11.6 Å². The number of aromatic nitrogens is 1. The zero-order valence-electron chi connectivity index (χ0n) is 22.7. The molecule has 2 fully saturated rings. The molecule has 1 aromatic heterocycles. The lowest BCUT2D eigenvalue weighted by atomic mass is 9.96. The maximum Gasteiger partial charge on any atom is 0.257 e. The third-order valence-corrected chi connectivity index (χ3v) is 7.22. The van der Waals surface area contributed by atoms with Crippen molar-refractivity contribution in [2.24, 2.45) is 5.41 Å². The minimum absolute atomic E-state index is 0.0893. The summed E-state index contributed by atoms with van der Waals surface area (Å²) in [5.41, 5.74) is 0.861. The van der Waals surface area contributed by atoms with Gasteiger partial charge in [0.1, 0.15) is 17.5 Å². The smallest absolute Gasteiger partial charge is 0.257 e. The molecule has 7 nitrogen and oxygen atoms in total. The van der Waals surface area contributed by atoms with E-state index < -0.39 is 23.1 Å². The third kappa shape index (κ3) is 6.32. The van der Waals surface area contributed by atoms with Crippen LogP contribution in [0, 0.1) is 33.9 Å². The lowest BCUT2D eigenvalue weighted by molar-refractivity contribution is -0.0552. The second-order valence-corrected chi connectivity index (χ2v) is 10.3. The summed E-state index contributed by atoms with van der Waals surface area (Å²) in [7, 11) is 0. The summed E-state index contributed by atoms with van der Waals surface area (Å²) < 4.78 is 26.7. The number of nitrogens with zero attached hydrogens (tertiary/aromatic N) is 4. The first-order valence-corrected chi connectivity index (χ1v) is 13.5. The molecule has 0 spiro atoms. The number of halogens is 2. The number of carbonyl (C=O) groups excluding carboxylic acids is 1. The van der Waals surface area contributed by atoms with Crippen LogP contribution in [0.3, 0.4) is 0 Å². The van der Waals surface area contributed by atoms with Crippen LogP contribution in [-0.4, -0.2) is 29.0 Å². The van der Waals surface area contributed by atoms with Gasteiger partial charge >= 0.3 is 0 Å².